The molecule has 2 aromatic rings. The fourth-order valence-electron chi connectivity index (χ4n) is 1.75. The van der Waals surface area contributed by atoms with Crippen LogP contribution in [0.5, 0.6) is 0 Å². The lowest BCUT2D eigenvalue weighted by Gasteiger charge is -2.20. The summed E-state index contributed by atoms with van der Waals surface area (Å²) in [5, 5.41) is 2.65. The van der Waals surface area contributed by atoms with Gasteiger partial charge in [0.05, 0.1) is 16.4 Å². The minimum absolute atomic E-state index is 0.177. The highest BCUT2D eigenvalue weighted by atomic mass is 35.5. The molecule has 0 aliphatic heterocycles. The summed E-state index contributed by atoms with van der Waals surface area (Å²) in [6.45, 7) is 0.439. The van der Waals surface area contributed by atoms with Crippen LogP contribution >= 0.6 is 22.9 Å². The minimum atomic E-state index is -4.41. The molecule has 0 spiro atoms. The zero-order valence-corrected chi connectivity index (χ0v) is 12.9. The SMILES string of the molecule is CNc1cc(C(F)(F)F)cc(N(C)Cc2ccc(Cl)s2)n1. The van der Waals surface area contributed by atoms with E-state index in [1.54, 1.807) is 18.0 Å². The number of thiophene rings is 1. The van der Waals surface area contributed by atoms with E-state index in [0.717, 1.165) is 17.0 Å². The number of nitrogens with zero attached hydrogens (tertiary/aromatic N) is 2. The van der Waals surface area contributed by atoms with Crippen molar-refractivity contribution < 1.29 is 13.2 Å². The van der Waals surface area contributed by atoms with Crippen LogP contribution in [0.4, 0.5) is 24.8 Å². The molecule has 0 aliphatic carbocycles. The molecule has 0 saturated heterocycles. The third-order valence-corrected chi connectivity index (χ3v) is 4.02. The number of pyridine rings is 1. The van der Waals surface area contributed by atoms with Crippen LogP contribution in [-0.2, 0) is 12.7 Å². The number of halogens is 4. The summed E-state index contributed by atoms with van der Waals surface area (Å²) in [5.74, 6) is 0.426. The third-order valence-electron chi connectivity index (χ3n) is 2.81. The molecule has 21 heavy (non-hydrogen) atoms. The summed E-state index contributed by atoms with van der Waals surface area (Å²) in [5.41, 5.74) is -0.729. The van der Waals surface area contributed by atoms with Crippen LogP contribution in [0, 0.1) is 0 Å². The van der Waals surface area contributed by atoms with Crippen molar-refractivity contribution in [3.8, 4) is 0 Å². The van der Waals surface area contributed by atoms with E-state index in [1.807, 2.05) is 6.07 Å². The number of alkyl halides is 3. The Bertz CT molecular complexity index is 627. The standard InChI is InChI=1S/C13H13ClF3N3S/c1-18-11-5-8(13(15,16)17)6-12(19-11)20(2)7-9-3-4-10(14)21-9/h3-6H,7H2,1-2H3,(H,18,19). The zero-order valence-electron chi connectivity index (χ0n) is 11.3. The van der Waals surface area contributed by atoms with Gasteiger partial charge in [0, 0.05) is 19.0 Å². The lowest BCUT2D eigenvalue weighted by atomic mass is 10.2. The number of hydrogen-bond acceptors (Lipinski definition) is 4. The topological polar surface area (TPSA) is 28.2 Å². The Kier molecular flexibility index (Phi) is 4.63. The van der Waals surface area contributed by atoms with Crippen molar-refractivity contribution in [1.82, 2.24) is 4.98 Å². The van der Waals surface area contributed by atoms with Crippen LogP contribution in [0.15, 0.2) is 24.3 Å². The van der Waals surface area contributed by atoms with Gasteiger partial charge in [-0.25, -0.2) is 4.98 Å². The summed E-state index contributed by atoms with van der Waals surface area (Å²) < 4.78 is 39.3. The van der Waals surface area contributed by atoms with E-state index >= 15 is 0 Å². The maximum atomic E-state index is 12.9. The summed E-state index contributed by atoms with van der Waals surface area (Å²) in [7, 11) is 3.22. The number of hydrogen-bond donors (Lipinski definition) is 1. The molecule has 0 bridgehead atoms. The fraction of sp³-hybridized carbons (Fsp3) is 0.308. The van der Waals surface area contributed by atoms with Crippen LogP contribution < -0.4 is 10.2 Å². The van der Waals surface area contributed by atoms with Crippen LogP contribution in [0.25, 0.3) is 0 Å². The highest BCUT2D eigenvalue weighted by molar-refractivity contribution is 7.16. The van der Waals surface area contributed by atoms with Gasteiger partial charge in [-0.2, -0.15) is 13.2 Å². The first-order valence-corrected chi connectivity index (χ1v) is 7.21. The van der Waals surface area contributed by atoms with E-state index in [-0.39, 0.29) is 11.6 Å². The Morgan fingerprint density at radius 1 is 1.33 bits per heavy atom. The maximum Gasteiger partial charge on any atom is 0.416 e. The molecular formula is C13H13ClF3N3S. The summed E-state index contributed by atoms with van der Waals surface area (Å²) in [4.78, 5) is 6.76. The van der Waals surface area contributed by atoms with E-state index in [2.05, 4.69) is 10.3 Å². The molecule has 2 aromatic heterocycles. The third kappa shape index (κ3) is 4.01. The zero-order chi connectivity index (χ0) is 15.6. The quantitative estimate of drug-likeness (QED) is 0.892. The summed E-state index contributed by atoms with van der Waals surface area (Å²) in [6.07, 6.45) is -4.41. The highest BCUT2D eigenvalue weighted by Crippen LogP contribution is 2.33. The largest absolute Gasteiger partial charge is 0.416 e. The number of rotatable bonds is 4. The molecule has 8 heteroatoms. The number of nitrogens with one attached hydrogen (secondary N) is 1. The van der Waals surface area contributed by atoms with Crippen LogP contribution in [0.2, 0.25) is 4.34 Å². The first kappa shape index (κ1) is 15.9. The van der Waals surface area contributed by atoms with Gasteiger partial charge in [-0.1, -0.05) is 11.6 Å². The molecule has 0 fully saturated rings. The minimum Gasteiger partial charge on any atom is -0.373 e. The second-order valence-corrected chi connectivity index (χ2v) is 6.21. The Balaban J connectivity index is 2.29. The molecule has 2 heterocycles. The van der Waals surface area contributed by atoms with E-state index in [4.69, 9.17) is 11.6 Å². The molecule has 0 radical (unpaired) electrons. The average Bonchev–Trinajstić information content (AvgIpc) is 2.82. The van der Waals surface area contributed by atoms with Crippen LogP contribution in [0.3, 0.4) is 0 Å². The van der Waals surface area contributed by atoms with Gasteiger partial charge in [-0.15, -0.1) is 11.3 Å². The van der Waals surface area contributed by atoms with E-state index < -0.39 is 11.7 Å². The lowest BCUT2D eigenvalue weighted by molar-refractivity contribution is -0.137. The molecule has 114 valence electrons. The van der Waals surface area contributed by atoms with Crippen molar-refractivity contribution in [3.63, 3.8) is 0 Å². The predicted octanol–water partition coefficient (Wildman–Crippen LogP) is 4.49. The Morgan fingerprint density at radius 3 is 2.57 bits per heavy atom. The van der Waals surface area contributed by atoms with Gasteiger partial charge in [0.15, 0.2) is 0 Å². The molecule has 0 atom stereocenters. The van der Waals surface area contributed by atoms with Crippen molar-refractivity contribution in [1.29, 1.82) is 0 Å². The van der Waals surface area contributed by atoms with E-state index in [0.29, 0.717) is 10.9 Å². The first-order valence-electron chi connectivity index (χ1n) is 6.02. The van der Waals surface area contributed by atoms with Gasteiger partial charge in [-0.3, -0.25) is 0 Å². The average molecular weight is 336 g/mol. The van der Waals surface area contributed by atoms with Gasteiger partial charge in [-0.05, 0) is 24.3 Å². The molecule has 3 nitrogen and oxygen atoms in total. The van der Waals surface area contributed by atoms with Gasteiger partial charge in [0.25, 0.3) is 0 Å². The highest BCUT2D eigenvalue weighted by Gasteiger charge is 2.32. The first-order chi connectivity index (χ1) is 9.79. The summed E-state index contributed by atoms with van der Waals surface area (Å²) >= 11 is 7.24. The monoisotopic (exact) mass is 335 g/mol. The Hall–Kier alpha value is -1.47. The number of anilines is 2. The second-order valence-electron chi connectivity index (χ2n) is 4.41. The summed E-state index contributed by atoms with van der Waals surface area (Å²) in [6, 6.07) is 5.62. The predicted molar refractivity (Wildman–Crippen MR) is 80.2 cm³/mol. The maximum absolute atomic E-state index is 12.9. The molecule has 1 N–H and O–H groups in total. The molecular weight excluding hydrogens is 323 g/mol. The van der Waals surface area contributed by atoms with Crippen molar-refractivity contribution >= 4 is 34.6 Å². The normalized spacial score (nSPS) is 11.5. The van der Waals surface area contributed by atoms with Crippen LogP contribution in [0.1, 0.15) is 10.4 Å². The van der Waals surface area contributed by atoms with Gasteiger partial charge >= 0.3 is 6.18 Å². The van der Waals surface area contributed by atoms with Crippen molar-refractivity contribution in [2.24, 2.45) is 0 Å². The van der Waals surface area contributed by atoms with E-state index in [1.165, 1.54) is 18.4 Å². The molecule has 0 aliphatic rings. The van der Waals surface area contributed by atoms with Crippen molar-refractivity contribution in [2.45, 2.75) is 12.7 Å². The molecule has 0 amide bonds. The number of aromatic nitrogens is 1. The molecule has 0 aromatic carbocycles. The van der Waals surface area contributed by atoms with Crippen molar-refractivity contribution in [2.75, 3.05) is 24.3 Å². The lowest BCUT2D eigenvalue weighted by Crippen LogP contribution is -2.19. The molecule has 0 saturated carbocycles. The van der Waals surface area contributed by atoms with Gasteiger partial charge in [0.2, 0.25) is 0 Å². The van der Waals surface area contributed by atoms with E-state index in [9.17, 15) is 13.2 Å². The van der Waals surface area contributed by atoms with Crippen molar-refractivity contribution in [3.05, 3.63) is 39.0 Å². The Morgan fingerprint density at radius 2 is 2.05 bits per heavy atom. The van der Waals surface area contributed by atoms with Gasteiger partial charge in [0.1, 0.15) is 11.6 Å². The Labute approximate surface area is 129 Å². The fourth-order valence-corrected chi connectivity index (χ4v) is 2.90. The van der Waals surface area contributed by atoms with Crippen LogP contribution in [-0.4, -0.2) is 19.1 Å². The van der Waals surface area contributed by atoms with Gasteiger partial charge < -0.3 is 10.2 Å². The molecule has 0 unspecified atom stereocenters. The smallest absolute Gasteiger partial charge is 0.373 e. The molecule has 2 rings (SSSR count). The second kappa shape index (κ2) is 6.11.